The van der Waals surface area contributed by atoms with Gasteiger partial charge in [-0.2, -0.15) is 4.98 Å². The number of halogens is 3. The monoisotopic (exact) mass is 357 g/mol. The van der Waals surface area contributed by atoms with Crippen LogP contribution in [0.25, 0.3) is 11.3 Å². The van der Waals surface area contributed by atoms with Crippen LogP contribution in [0, 0.1) is 6.92 Å². The van der Waals surface area contributed by atoms with Crippen molar-refractivity contribution in [2.75, 3.05) is 5.32 Å². The molecule has 1 aromatic carbocycles. The maximum atomic E-state index is 12.5. The highest BCUT2D eigenvalue weighted by molar-refractivity contribution is 5.69. The van der Waals surface area contributed by atoms with E-state index >= 15 is 0 Å². The second-order valence-electron chi connectivity index (χ2n) is 4.52. The molecule has 0 bridgehead atoms. The van der Waals surface area contributed by atoms with Crippen molar-refractivity contribution >= 4 is 22.8 Å². The Morgan fingerprint density at radius 3 is 2.64 bits per heavy atom. The smallest absolute Gasteiger partial charge is 0.404 e. The number of alkyl halides is 3. The van der Waals surface area contributed by atoms with Crippen LogP contribution in [0.5, 0.6) is 5.75 Å². The Labute approximate surface area is 139 Å². The zero-order valence-corrected chi connectivity index (χ0v) is 13.4. The van der Waals surface area contributed by atoms with Crippen molar-refractivity contribution in [3.63, 3.8) is 0 Å². The summed E-state index contributed by atoms with van der Waals surface area (Å²) in [6, 6.07) is 4.07. The Kier molecular flexibility index (Phi) is 5.25. The van der Waals surface area contributed by atoms with E-state index in [1.54, 1.807) is 13.0 Å². The lowest BCUT2D eigenvalue weighted by Crippen LogP contribution is -2.19. The van der Waals surface area contributed by atoms with Gasteiger partial charge in [-0.05, 0) is 34.9 Å². The maximum Gasteiger partial charge on any atom is 0.573 e. The molecule has 25 heavy (non-hydrogen) atoms. The van der Waals surface area contributed by atoms with Gasteiger partial charge in [0, 0.05) is 0 Å². The quantitative estimate of drug-likeness (QED) is 0.741. The Bertz CT molecular complexity index is 920. The van der Waals surface area contributed by atoms with Gasteiger partial charge in [-0.15, -0.1) is 13.2 Å². The molecule has 8 nitrogen and oxygen atoms in total. The van der Waals surface area contributed by atoms with Crippen molar-refractivity contribution in [2.24, 2.45) is 0 Å². The topological polar surface area (TPSA) is 106 Å². The highest BCUT2D eigenvalue weighted by Gasteiger charge is 2.32. The van der Waals surface area contributed by atoms with Crippen LogP contribution in [-0.4, -0.2) is 26.6 Å². The van der Waals surface area contributed by atoms with Crippen molar-refractivity contribution in [1.82, 2.24) is 20.3 Å². The third-order valence-electron chi connectivity index (χ3n) is 2.75. The van der Waals surface area contributed by atoms with Crippen molar-refractivity contribution < 1.29 is 22.5 Å². The predicted octanol–water partition coefficient (Wildman–Crippen LogP) is 3.28. The molecule has 0 aliphatic heterocycles. The van der Waals surface area contributed by atoms with E-state index in [1.165, 1.54) is 12.1 Å². The molecular formula is C14H14F3N5O3. The number of H-pyrrole nitrogens is 1. The van der Waals surface area contributed by atoms with Gasteiger partial charge in [-0.1, -0.05) is 19.9 Å². The zero-order chi connectivity index (χ0) is 18.6. The normalized spacial score (nSPS) is 11.0. The first kappa shape index (κ1) is 18.2. The van der Waals surface area contributed by atoms with E-state index in [9.17, 15) is 18.0 Å². The number of hydrogen-bond donors (Lipinski definition) is 2. The molecule has 2 N–H and O–H groups in total. The minimum absolute atomic E-state index is 0.00231. The van der Waals surface area contributed by atoms with Crippen LogP contribution in [0.2, 0.25) is 0 Å². The van der Waals surface area contributed by atoms with E-state index in [0.29, 0.717) is 5.56 Å². The SMILES string of the molecule is CC.Cc1ccc(Nc2nc3nonc3[nH]c2=O)c(OC(F)(F)F)c1. The molecule has 3 aromatic rings. The van der Waals surface area contributed by atoms with Gasteiger partial charge in [0.15, 0.2) is 11.6 Å². The molecule has 0 atom stereocenters. The van der Waals surface area contributed by atoms with Gasteiger partial charge in [0.05, 0.1) is 5.69 Å². The molecule has 11 heteroatoms. The van der Waals surface area contributed by atoms with Crippen molar-refractivity contribution in [2.45, 2.75) is 27.1 Å². The van der Waals surface area contributed by atoms with Crippen molar-refractivity contribution in [3.8, 4) is 5.75 Å². The molecule has 0 aliphatic carbocycles. The van der Waals surface area contributed by atoms with Crippen LogP contribution in [0.3, 0.4) is 0 Å². The number of aromatic amines is 1. The molecule has 0 radical (unpaired) electrons. The first-order chi connectivity index (χ1) is 11.8. The molecule has 2 aromatic heterocycles. The van der Waals surface area contributed by atoms with Gasteiger partial charge in [-0.25, -0.2) is 4.63 Å². The lowest BCUT2D eigenvalue weighted by molar-refractivity contribution is -0.274. The molecule has 0 saturated heterocycles. The number of hydrogen-bond acceptors (Lipinski definition) is 7. The minimum Gasteiger partial charge on any atom is -0.404 e. The standard InChI is InChI=1S/C12H8F3N5O3.C2H6/c1-5-2-3-6(7(4-5)22-12(13,14)15)16-10-11(21)18-9-8(17-10)19-23-20-9;1-2/h2-4H,1H3,(H,16,17,19)(H,18,20,21);1-2H3. The molecule has 3 rings (SSSR count). The number of ether oxygens (including phenoxy) is 1. The summed E-state index contributed by atoms with van der Waals surface area (Å²) < 4.78 is 45.8. The van der Waals surface area contributed by atoms with Gasteiger partial charge in [0.25, 0.3) is 5.56 Å². The highest BCUT2D eigenvalue weighted by atomic mass is 19.4. The summed E-state index contributed by atoms with van der Waals surface area (Å²) in [7, 11) is 0. The van der Waals surface area contributed by atoms with Gasteiger partial charge < -0.3 is 10.1 Å². The summed E-state index contributed by atoms with van der Waals surface area (Å²) in [4.78, 5) is 18.0. The van der Waals surface area contributed by atoms with Gasteiger partial charge >= 0.3 is 6.36 Å². The fourth-order valence-electron chi connectivity index (χ4n) is 1.81. The second kappa shape index (κ2) is 7.20. The van der Waals surface area contributed by atoms with Crippen LogP contribution in [-0.2, 0) is 0 Å². The molecule has 2 heterocycles. The lowest BCUT2D eigenvalue weighted by atomic mass is 10.2. The third kappa shape index (κ3) is 4.46. The van der Waals surface area contributed by atoms with E-state index in [2.05, 4.69) is 35.0 Å². The Balaban J connectivity index is 0.00000109. The molecule has 0 amide bonds. The number of benzene rings is 1. The summed E-state index contributed by atoms with van der Waals surface area (Å²) in [5, 5.41) is 9.32. The fourth-order valence-corrected chi connectivity index (χ4v) is 1.81. The molecule has 0 unspecified atom stereocenters. The number of rotatable bonds is 3. The molecule has 0 saturated carbocycles. The molecule has 0 aliphatic rings. The van der Waals surface area contributed by atoms with Crippen LogP contribution >= 0.6 is 0 Å². The largest absolute Gasteiger partial charge is 0.573 e. The van der Waals surface area contributed by atoms with Gasteiger partial charge in [0.1, 0.15) is 0 Å². The van der Waals surface area contributed by atoms with Crippen LogP contribution in [0.4, 0.5) is 24.7 Å². The number of anilines is 2. The summed E-state index contributed by atoms with van der Waals surface area (Å²) in [6.07, 6.45) is -4.87. The van der Waals surface area contributed by atoms with E-state index in [1.807, 2.05) is 13.8 Å². The Morgan fingerprint density at radius 1 is 1.24 bits per heavy atom. The Hall–Kier alpha value is -3.11. The lowest BCUT2D eigenvalue weighted by Gasteiger charge is -2.14. The number of nitrogens with zero attached hydrogens (tertiary/aromatic N) is 3. The van der Waals surface area contributed by atoms with E-state index in [-0.39, 0.29) is 22.8 Å². The fraction of sp³-hybridized carbons (Fsp3) is 0.286. The number of aromatic nitrogens is 4. The van der Waals surface area contributed by atoms with E-state index < -0.39 is 17.7 Å². The minimum atomic E-state index is -4.87. The molecule has 0 fully saturated rings. The number of fused-ring (bicyclic) bond motifs is 1. The van der Waals surface area contributed by atoms with Crippen LogP contribution < -0.4 is 15.6 Å². The van der Waals surface area contributed by atoms with Crippen molar-refractivity contribution in [3.05, 3.63) is 34.1 Å². The third-order valence-corrected chi connectivity index (χ3v) is 2.75. The first-order valence-electron chi connectivity index (χ1n) is 7.18. The number of aryl methyl sites for hydroxylation is 1. The first-order valence-corrected chi connectivity index (χ1v) is 7.18. The van der Waals surface area contributed by atoms with E-state index in [4.69, 9.17) is 0 Å². The number of nitrogens with one attached hydrogen (secondary N) is 2. The summed E-state index contributed by atoms with van der Waals surface area (Å²) in [5.41, 5.74) is -0.213. The van der Waals surface area contributed by atoms with Crippen LogP contribution in [0.1, 0.15) is 19.4 Å². The molecule has 0 spiro atoms. The molecular weight excluding hydrogens is 343 g/mol. The van der Waals surface area contributed by atoms with Crippen molar-refractivity contribution in [1.29, 1.82) is 0 Å². The maximum absolute atomic E-state index is 12.5. The predicted molar refractivity (Wildman–Crippen MR) is 82.7 cm³/mol. The second-order valence-corrected chi connectivity index (χ2v) is 4.52. The van der Waals surface area contributed by atoms with Gasteiger partial charge in [0.2, 0.25) is 11.3 Å². The van der Waals surface area contributed by atoms with E-state index in [0.717, 1.165) is 0 Å². The summed E-state index contributed by atoms with van der Waals surface area (Å²) in [6.45, 7) is 5.60. The summed E-state index contributed by atoms with van der Waals surface area (Å²) in [5.74, 6) is -0.763. The average Bonchev–Trinajstić information content (AvgIpc) is 2.97. The van der Waals surface area contributed by atoms with Gasteiger partial charge in [-0.3, -0.25) is 9.78 Å². The summed E-state index contributed by atoms with van der Waals surface area (Å²) >= 11 is 0. The average molecular weight is 357 g/mol. The highest BCUT2D eigenvalue weighted by Crippen LogP contribution is 2.32. The molecule has 134 valence electrons. The Morgan fingerprint density at radius 2 is 1.96 bits per heavy atom. The zero-order valence-electron chi connectivity index (χ0n) is 13.4. The van der Waals surface area contributed by atoms with Crippen LogP contribution in [0.15, 0.2) is 27.6 Å².